The molecule has 1 aromatic carbocycles. The van der Waals surface area contributed by atoms with Gasteiger partial charge in [-0.2, -0.15) is 0 Å². The molecule has 8 heteroatoms. The standard InChI is InChI=1S/C26H32N2O6/c1-3-5-6-15-27(14-4-2)24(31)22-26-13-11-19(34-26)20(25(32)33)21(26)23(30)28(22)18-9-7-17(8-10-18)12-16-29/h4,7-11,13,19-22,29H,2-3,5-6,12,14-16H2,1H3,(H,32,33). The number of amides is 2. The number of carbonyl (C=O) groups excluding carboxylic acids is 2. The van der Waals surface area contributed by atoms with Crippen molar-refractivity contribution in [2.45, 2.75) is 50.4 Å². The minimum atomic E-state index is -1.32. The lowest BCUT2D eigenvalue weighted by atomic mass is 9.74. The van der Waals surface area contributed by atoms with Crippen LogP contribution in [0.3, 0.4) is 0 Å². The summed E-state index contributed by atoms with van der Waals surface area (Å²) < 4.78 is 6.17. The maximum absolute atomic E-state index is 14.0. The van der Waals surface area contributed by atoms with Crippen molar-refractivity contribution in [2.75, 3.05) is 24.6 Å². The molecule has 3 aliphatic heterocycles. The molecule has 5 atom stereocenters. The Hall–Kier alpha value is -2.97. The second-order valence-electron chi connectivity index (χ2n) is 9.17. The number of nitrogens with zero attached hydrogens (tertiary/aromatic N) is 2. The van der Waals surface area contributed by atoms with E-state index >= 15 is 0 Å². The molecule has 1 aromatic rings. The number of aliphatic hydroxyl groups is 1. The number of benzene rings is 1. The molecule has 34 heavy (non-hydrogen) atoms. The van der Waals surface area contributed by atoms with Crippen LogP contribution in [0.4, 0.5) is 5.69 Å². The van der Waals surface area contributed by atoms with Gasteiger partial charge < -0.3 is 19.8 Å². The first-order valence-electron chi connectivity index (χ1n) is 11.9. The van der Waals surface area contributed by atoms with Gasteiger partial charge in [0, 0.05) is 25.4 Å². The summed E-state index contributed by atoms with van der Waals surface area (Å²) >= 11 is 0. The molecular weight excluding hydrogens is 436 g/mol. The number of hydrogen-bond donors (Lipinski definition) is 2. The fourth-order valence-electron chi connectivity index (χ4n) is 5.54. The second kappa shape index (κ2) is 9.72. The van der Waals surface area contributed by atoms with Gasteiger partial charge in [-0.3, -0.25) is 19.3 Å². The Bertz CT molecular complexity index is 990. The molecule has 2 amide bonds. The van der Waals surface area contributed by atoms with Gasteiger partial charge in [0.1, 0.15) is 17.6 Å². The molecule has 0 aliphatic carbocycles. The fraction of sp³-hybridized carbons (Fsp3) is 0.500. The largest absolute Gasteiger partial charge is 0.481 e. The molecular formula is C26H32N2O6. The number of hydrogen-bond acceptors (Lipinski definition) is 5. The smallest absolute Gasteiger partial charge is 0.310 e. The first-order valence-corrected chi connectivity index (χ1v) is 11.9. The summed E-state index contributed by atoms with van der Waals surface area (Å²) in [5, 5.41) is 19.1. The van der Waals surface area contributed by atoms with Crippen LogP contribution < -0.4 is 4.90 Å². The van der Waals surface area contributed by atoms with Crippen LogP contribution in [-0.4, -0.2) is 70.3 Å². The number of anilines is 1. The number of aliphatic hydroxyl groups excluding tert-OH is 1. The van der Waals surface area contributed by atoms with E-state index in [0.29, 0.717) is 25.2 Å². The third-order valence-corrected chi connectivity index (χ3v) is 7.10. The molecule has 3 aliphatic rings. The summed E-state index contributed by atoms with van der Waals surface area (Å²) in [6.07, 6.45) is 7.59. The summed E-state index contributed by atoms with van der Waals surface area (Å²) in [4.78, 5) is 43.0. The lowest BCUT2D eigenvalue weighted by molar-refractivity contribution is -0.146. The number of aliphatic carboxylic acids is 1. The molecule has 3 heterocycles. The first-order chi connectivity index (χ1) is 16.4. The zero-order chi connectivity index (χ0) is 24.5. The molecule has 0 saturated carbocycles. The summed E-state index contributed by atoms with van der Waals surface area (Å²) in [6.45, 7) is 6.72. The maximum Gasteiger partial charge on any atom is 0.310 e. The summed E-state index contributed by atoms with van der Waals surface area (Å²) in [7, 11) is 0. The van der Waals surface area contributed by atoms with Gasteiger partial charge in [0.2, 0.25) is 11.8 Å². The van der Waals surface area contributed by atoms with E-state index in [2.05, 4.69) is 13.5 Å². The normalized spacial score (nSPS) is 28.9. The van der Waals surface area contributed by atoms with Crippen LogP contribution in [0.1, 0.15) is 31.7 Å². The molecule has 1 spiro atoms. The van der Waals surface area contributed by atoms with Gasteiger partial charge >= 0.3 is 5.97 Å². The van der Waals surface area contributed by atoms with Gasteiger partial charge in [-0.1, -0.05) is 50.1 Å². The molecule has 5 unspecified atom stereocenters. The average molecular weight is 469 g/mol. The van der Waals surface area contributed by atoms with Crippen LogP contribution >= 0.6 is 0 Å². The zero-order valence-corrected chi connectivity index (χ0v) is 19.4. The van der Waals surface area contributed by atoms with Gasteiger partial charge in [0.15, 0.2) is 0 Å². The highest BCUT2D eigenvalue weighted by Crippen LogP contribution is 2.56. The van der Waals surface area contributed by atoms with Gasteiger partial charge in [-0.05, 0) is 30.5 Å². The number of carbonyl (C=O) groups is 3. The molecule has 0 radical (unpaired) electrons. The molecule has 4 rings (SSSR count). The van der Waals surface area contributed by atoms with Crippen molar-refractivity contribution in [2.24, 2.45) is 11.8 Å². The average Bonchev–Trinajstić information content (AvgIpc) is 3.46. The van der Waals surface area contributed by atoms with Crippen LogP contribution in [0.25, 0.3) is 0 Å². The van der Waals surface area contributed by atoms with Crippen LogP contribution in [0.5, 0.6) is 0 Å². The van der Waals surface area contributed by atoms with Crippen LogP contribution in [0.15, 0.2) is 49.1 Å². The fourth-order valence-corrected chi connectivity index (χ4v) is 5.54. The number of unbranched alkanes of at least 4 members (excludes halogenated alkanes) is 2. The Kier molecular flexibility index (Phi) is 6.91. The molecule has 2 N–H and O–H groups in total. The first kappa shape index (κ1) is 24.2. The predicted octanol–water partition coefficient (Wildman–Crippen LogP) is 2.17. The zero-order valence-electron chi connectivity index (χ0n) is 19.4. The van der Waals surface area contributed by atoms with Crippen LogP contribution in [0.2, 0.25) is 0 Å². The molecule has 2 saturated heterocycles. The van der Waals surface area contributed by atoms with E-state index in [9.17, 15) is 24.6 Å². The second-order valence-corrected chi connectivity index (χ2v) is 9.17. The van der Waals surface area contributed by atoms with E-state index in [1.54, 1.807) is 47.4 Å². The van der Waals surface area contributed by atoms with E-state index in [1.807, 2.05) is 0 Å². The van der Waals surface area contributed by atoms with Crippen molar-refractivity contribution in [3.63, 3.8) is 0 Å². The number of ether oxygens (including phenoxy) is 1. The monoisotopic (exact) mass is 468 g/mol. The Morgan fingerprint density at radius 2 is 2.00 bits per heavy atom. The number of rotatable bonds is 11. The van der Waals surface area contributed by atoms with Crippen molar-refractivity contribution in [3.05, 3.63) is 54.6 Å². The summed E-state index contributed by atoms with van der Waals surface area (Å²) in [5.41, 5.74) is 0.0773. The summed E-state index contributed by atoms with van der Waals surface area (Å²) in [6, 6.07) is 6.07. The highest BCUT2D eigenvalue weighted by molar-refractivity contribution is 6.10. The third-order valence-electron chi connectivity index (χ3n) is 7.10. The van der Waals surface area contributed by atoms with Gasteiger partial charge in [0.05, 0.1) is 12.0 Å². The van der Waals surface area contributed by atoms with Gasteiger partial charge in [-0.15, -0.1) is 6.58 Å². The molecule has 2 bridgehead atoms. The Morgan fingerprint density at radius 3 is 2.62 bits per heavy atom. The lowest BCUT2D eigenvalue weighted by Crippen LogP contribution is -2.56. The van der Waals surface area contributed by atoms with E-state index in [-0.39, 0.29) is 12.5 Å². The van der Waals surface area contributed by atoms with Crippen molar-refractivity contribution < 1.29 is 29.3 Å². The number of carboxylic acid groups (broad SMARTS) is 1. The maximum atomic E-state index is 14.0. The number of carboxylic acids is 1. The SMILES string of the molecule is C=CCN(CCCCC)C(=O)C1N(c2ccc(CCO)cc2)C(=O)C2C(C(=O)O)C3C=CC21O3. The number of fused-ring (bicyclic) bond motifs is 1. The van der Waals surface area contributed by atoms with E-state index < -0.39 is 41.5 Å². The Morgan fingerprint density at radius 1 is 1.26 bits per heavy atom. The van der Waals surface area contributed by atoms with Gasteiger partial charge in [0.25, 0.3) is 0 Å². The van der Waals surface area contributed by atoms with E-state index in [4.69, 9.17) is 4.74 Å². The molecule has 0 aromatic heterocycles. The van der Waals surface area contributed by atoms with Crippen molar-refractivity contribution >= 4 is 23.5 Å². The van der Waals surface area contributed by atoms with Crippen LogP contribution in [0, 0.1) is 11.8 Å². The summed E-state index contributed by atoms with van der Waals surface area (Å²) in [5.74, 6) is -3.82. The highest BCUT2D eigenvalue weighted by atomic mass is 16.5. The van der Waals surface area contributed by atoms with Crippen molar-refractivity contribution in [3.8, 4) is 0 Å². The highest BCUT2D eigenvalue weighted by Gasteiger charge is 2.73. The Balaban J connectivity index is 1.76. The van der Waals surface area contributed by atoms with Crippen molar-refractivity contribution in [1.29, 1.82) is 0 Å². The van der Waals surface area contributed by atoms with Crippen molar-refractivity contribution in [1.82, 2.24) is 4.90 Å². The quantitative estimate of drug-likeness (QED) is 0.381. The predicted molar refractivity (Wildman–Crippen MR) is 126 cm³/mol. The molecule has 8 nitrogen and oxygen atoms in total. The molecule has 2 fully saturated rings. The van der Waals surface area contributed by atoms with Crippen LogP contribution in [-0.2, 0) is 25.5 Å². The lowest BCUT2D eigenvalue weighted by Gasteiger charge is -2.36. The minimum absolute atomic E-state index is 0.00285. The topological polar surface area (TPSA) is 107 Å². The minimum Gasteiger partial charge on any atom is -0.481 e. The Labute approximate surface area is 199 Å². The third kappa shape index (κ3) is 3.84. The molecule has 182 valence electrons. The van der Waals surface area contributed by atoms with E-state index in [0.717, 1.165) is 24.8 Å². The van der Waals surface area contributed by atoms with Gasteiger partial charge in [-0.25, -0.2) is 0 Å². The van der Waals surface area contributed by atoms with E-state index in [1.165, 1.54) is 4.90 Å².